The minimum atomic E-state index is 0.455. The molecule has 0 amide bonds. The third kappa shape index (κ3) is 3.27. The first kappa shape index (κ1) is 17.2. The molecule has 2 aromatic carbocycles. The fourth-order valence-electron chi connectivity index (χ4n) is 4.48. The van der Waals surface area contributed by atoms with Gasteiger partial charge in [-0.15, -0.1) is 11.3 Å². The predicted octanol–water partition coefficient (Wildman–Crippen LogP) is 4.71. The van der Waals surface area contributed by atoms with Crippen LogP contribution in [0, 0.1) is 0 Å². The van der Waals surface area contributed by atoms with Crippen LogP contribution in [0.1, 0.15) is 29.5 Å². The Balaban J connectivity index is 1.53. The van der Waals surface area contributed by atoms with Crippen molar-refractivity contribution >= 4 is 27.1 Å². The fraction of sp³-hybridized carbons (Fsp3) is 0.391. The minimum absolute atomic E-state index is 0.455. The van der Waals surface area contributed by atoms with Crippen molar-refractivity contribution in [3.05, 3.63) is 64.5 Å². The highest BCUT2D eigenvalue weighted by Gasteiger charge is 2.27. The zero-order chi connectivity index (χ0) is 18.2. The van der Waals surface area contributed by atoms with Crippen LogP contribution >= 0.6 is 11.3 Å². The van der Waals surface area contributed by atoms with Crippen LogP contribution in [-0.2, 0) is 11.3 Å². The summed E-state index contributed by atoms with van der Waals surface area (Å²) in [7, 11) is 0. The van der Waals surface area contributed by atoms with E-state index in [4.69, 9.17) is 4.74 Å². The second-order valence-corrected chi connectivity index (χ2v) is 8.53. The molecule has 1 aromatic heterocycles. The van der Waals surface area contributed by atoms with Crippen molar-refractivity contribution in [2.75, 3.05) is 44.3 Å². The zero-order valence-corrected chi connectivity index (χ0v) is 16.7. The van der Waals surface area contributed by atoms with Crippen molar-refractivity contribution < 1.29 is 4.74 Å². The second kappa shape index (κ2) is 7.27. The summed E-state index contributed by atoms with van der Waals surface area (Å²) in [5, 5.41) is 3.56. The number of hydrogen-bond acceptors (Lipinski definition) is 4. The molecule has 3 aromatic rings. The normalized spacial score (nSPS) is 20.8. The number of ether oxygens (including phenoxy) is 1. The lowest BCUT2D eigenvalue weighted by atomic mass is 9.84. The largest absolute Gasteiger partial charge is 0.378 e. The lowest BCUT2D eigenvalue weighted by molar-refractivity contribution is 0.122. The zero-order valence-electron chi connectivity index (χ0n) is 15.9. The van der Waals surface area contributed by atoms with Crippen LogP contribution in [0.4, 0.5) is 5.69 Å². The number of benzene rings is 2. The Morgan fingerprint density at radius 2 is 1.96 bits per heavy atom. The summed E-state index contributed by atoms with van der Waals surface area (Å²) in [6.45, 7) is 9.19. The van der Waals surface area contributed by atoms with Crippen LogP contribution in [0.3, 0.4) is 0 Å². The molecule has 1 fully saturated rings. The van der Waals surface area contributed by atoms with Gasteiger partial charge in [0.15, 0.2) is 0 Å². The predicted molar refractivity (Wildman–Crippen MR) is 114 cm³/mol. The molecule has 27 heavy (non-hydrogen) atoms. The number of rotatable bonds is 3. The minimum Gasteiger partial charge on any atom is -0.378 e. The lowest BCUT2D eigenvalue weighted by Gasteiger charge is -2.36. The molecule has 0 spiro atoms. The van der Waals surface area contributed by atoms with Gasteiger partial charge in [-0.25, -0.2) is 0 Å². The number of anilines is 1. The van der Waals surface area contributed by atoms with Crippen LogP contribution in [0.25, 0.3) is 10.1 Å². The molecule has 1 saturated heterocycles. The van der Waals surface area contributed by atoms with E-state index in [1.807, 2.05) is 11.3 Å². The number of morpholine rings is 1. The maximum absolute atomic E-state index is 5.52. The molecule has 0 bridgehead atoms. The maximum Gasteiger partial charge on any atom is 0.0642 e. The Hall–Kier alpha value is -1.88. The molecule has 1 atom stereocenters. The Morgan fingerprint density at radius 3 is 2.81 bits per heavy atom. The first-order valence-corrected chi connectivity index (χ1v) is 10.8. The van der Waals surface area contributed by atoms with Gasteiger partial charge >= 0.3 is 0 Å². The average molecular weight is 379 g/mol. The molecule has 4 heteroatoms. The third-order valence-electron chi connectivity index (χ3n) is 6.04. The molecule has 0 saturated carbocycles. The Labute approximate surface area is 165 Å². The van der Waals surface area contributed by atoms with Crippen LogP contribution in [0.5, 0.6) is 0 Å². The molecule has 0 radical (unpaired) electrons. The molecule has 140 valence electrons. The van der Waals surface area contributed by atoms with E-state index in [9.17, 15) is 0 Å². The number of thiophene rings is 1. The highest BCUT2D eigenvalue weighted by molar-refractivity contribution is 7.17. The number of fused-ring (bicyclic) bond motifs is 2. The van der Waals surface area contributed by atoms with Gasteiger partial charge in [0.05, 0.1) is 13.2 Å². The summed E-state index contributed by atoms with van der Waals surface area (Å²) in [4.78, 5) is 5.04. The van der Waals surface area contributed by atoms with E-state index in [1.165, 1.54) is 32.5 Å². The van der Waals surface area contributed by atoms with Crippen LogP contribution in [0.15, 0.2) is 47.8 Å². The van der Waals surface area contributed by atoms with Crippen molar-refractivity contribution in [1.29, 1.82) is 0 Å². The number of likely N-dealkylation sites (N-methyl/N-ethyl adjacent to an activating group) is 1. The van der Waals surface area contributed by atoms with Gasteiger partial charge in [0.1, 0.15) is 0 Å². The highest BCUT2D eigenvalue weighted by Crippen LogP contribution is 2.37. The van der Waals surface area contributed by atoms with E-state index in [-0.39, 0.29) is 0 Å². The molecule has 1 unspecified atom stereocenters. The van der Waals surface area contributed by atoms with Crippen LogP contribution < -0.4 is 4.90 Å². The van der Waals surface area contributed by atoms with Crippen LogP contribution in [-0.4, -0.2) is 44.3 Å². The molecule has 2 aliphatic rings. The van der Waals surface area contributed by atoms with E-state index in [2.05, 4.69) is 64.6 Å². The summed E-state index contributed by atoms with van der Waals surface area (Å²) in [5.41, 5.74) is 5.79. The second-order valence-electron chi connectivity index (χ2n) is 7.58. The maximum atomic E-state index is 5.52. The van der Waals surface area contributed by atoms with E-state index in [1.54, 1.807) is 0 Å². The molecule has 2 aliphatic heterocycles. The standard InChI is InChI=1S/C23H26N2OS/c1-2-24-15-19-14-20(25-8-10-26-11-9-25)4-5-21(19)22(16-24)17-3-6-23-18(13-17)7-12-27-23/h3-7,12-14,22H,2,8-11,15-16H2,1H3. The van der Waals surface area contributed by atoms with Gasteiger partial charge in [0.2, 0.25) is 0 Å². The molecule has 3 nitrogen and oxygen atoms in total. The molecule has 0 aliphatic carbocycles. The number of hydrogen-bond donors (Lipinski definition) is 0. The topological polar surface area (TPSA) is 15.7 Å². The smallest absolute Gasteiger partial charge is 0.0642 e. The van der Waals surface area contributed by atoms with Crippen molar-refractivity contribution in [1.82, 2.24) is 4.90 Å². The summed E-state index contributed by atoms with van der Waals surface area (Å²) in [5.74, 6) is 0.455. The van der Waals surface area contributed by atoms with Crippen molar-refractivity contribution in [2.24, 2.45) is 0 Å². The quantitative estimate of drug-likeness (QED) is 0.657. The summed E-state index contributed by atoms with van der Waals surface area (Å²) in [6.07, 6.45) is 0. The third-order valence-corrected chi connectivity index (χ3v) is 6.94. The van der Waals surface area contributed by atoms with Gasteiger partial charge in [-0.3, -0.25) is 4.90 Å². The molecular formula is C23H26N2OS. The van der Waals surface area contributed by atoms with Gasteiger partial charge in [0, 0.05) is 42.5 Å². The van der Waals surface area contributed by atoms with E-state index in [0.717, 1.165) is 45.9 Å². The average Bonchev–Trinajstić information content (AvgIpc) is 3.21. The first-order chi connectivity index (χ1) is 13.3. The lowest BCUT2D eigenvalue weighted by Crippen LogP contribution is -2.37. The number of nitrogens with zero attached hydrogens (tertiary/aromatic N) is 2. The van der Waals surface area contributed by atoms with E-state index >= 15 is 0 Å². The summed E-state index contributed by atoms with van der Waals surface area (Å²) >= 11 is 1.82. The monoisotopic (exact) mass is 378 g/mol. The Morgan fingerprint density at radius 1 is 1.07 bits per heavy atom. The van der Waals surface area contributed by atoms with Crippen molar-refractivity contribution in [3.63, 3.8) is 0 Å². The Bertz CT molecular complexity index is 944. The molecule has 3 heterocycles. The molecule has 0 N–H and O–H groups in total. The SMILES string of the molecule is CCN1Cc2cc(N3CCOCC3)ccc2C(c2ccc3sccc3c2)C1. The van der Waals surface area contributed by atoms with Gasteiger partial charge in [-0.05, 0) is 64.3 Å². The first-order valence-electron chi connectivity index (χ1n) is 9.97. The summed E-state index contributed by atoms with van der Waals surface area (Å²) in [6, 6.07) is 16.4. The van der Waals surface area contributed by atoms with Gasteiger partial charge in [-0.2, -0.15) is 0 Å². The molecule has 5 rings (SSSR count). The van der Waals surface area contributed by atoms with E-state index in [0.29, 0.717) is 5.92 Å². The van der Waals surface area contributed by atoms with Gasteiger partial charge in [-0.1, -0.05) is 19.1 Å². The fourth-order valence-corrected chi connectivity index (χ4v) is 5.25. The molecular weight excluding hydrogens is 352 g/mol. The van der Waals surface area contributed by atoms with Crippen molar-refractivity contribution in [3.8, 4) is 0 Å². The van der Waals surface area contributed by atoms with Gasteiger partial charge < -0.3 is 9.64 Å². The van der Waals surface area contributed by atoms with Gasteiger partial charge in [0.25, 0.3) is 0 Å². The Kier molecular flexibility index (Phi) is 4.64. The van der Waals surface area contributed by atoms with Crippen LogP contribution in [0.2, 0.25) is 0 Å². The highest BCUT2D eigenvalue weighted by atomic mass is 32.1. The summed E-state index contributed by atoms with van der Waals surface area (Å²) < 4.78 is 6.90. The van der Waals surface area contributed by atoms with Crippen molar-refractivity contribution in [2.45, 2.75) is 19.4 Å². The van der Waals surface area contributed by atoms with E-state index < -0.39 is 0 Å².